The standard InChI is InChI=1S/C19H29N3O2/c1-14-11-15(2)18(16(3)12-14)20-19(23)22-8-6-21(7-9-22)13-17-5-4-10-24-17/h11-12,17H,4-10,13H2,1-3H3,(H,20,23). The van der Waals surface area contributed by atoms with E-state index in [1.807, 2.05) is 4.90 Å². The van der Waals surface area contributed by atoms with Crippen molar-refractivity contribution < 1.29 is 9.53 Å². The van der Waals surface area contributed by atoms with Crippen molar-refractivity contribution in [2.45, 2.75) is 39.7 Å². The number of aryl methyl sites for hydroxylation is 3. The highest BCUT2D eigenvalue weighted by Crippen LogP contribution is 2.22. The molecular formula is C19H29N3O2. The maximum absolute atomic E-state index is 12.6. The average molecular weight is 331 g/mol. The van der Waals surface area contributed by atoms with Crippen molar-refractivity contribution in [3.8, 4) is 0 Å². The molecule has 0 bridgehead atoms. The Kier molecular flexibility index (Phi) is 5.41. The summed E-state index contributed by atoms with van der Waals surface area (Å²) in [7, 11) is 0. The first kappa shape index (κ1) is 17.2. The van der Waals surface area contributed by atoms with Crippen molar-refractivity contribution in [2.75, 3.05) is 44.6 Å². The van der Waals surface area contributed by atoms with E-state index in [0.29, 0.717) is 6.10 Å². The molecule has 1 atom stereocenters. The largest absolute Gasteiger partial charge is 0.377 e. The molecule has 0 spiro atoms. The monoisotopic (exact) mass is 331 g/mol. The normalized spacial score (nSPS) is 22.0. The van der Waals surface area contributed by atoms with Gasteiger partial charge in [-0.1, -0.05) is 17.7 Å². The topological polar surface area (TPSA) is 44.8 Å². The fraction of sp³-hybridized carbons (Fsp3) is 0.632. The molecule has 2 fully saturated rings. The summed E-state index contributed by atoms with van der Waals surface area (Å²) < 4.78 is 5.71. The number of benzene rings is 1. The third-order valence-corrected chi connectivity index (χ3v) is 5.05. The number of piperazine rings is 1. The Hall–Kier alpha value is -1.59. The van der Waals surface area contributed by atoms with Gasteiger partial charge in [-0.3, -0.25) is 4.90 Å². The van der Waals surface area contributed by atoms with Crippen LogP contribution in [-0.2, 0) is 4.74 Å². The first-order valence-corrected chi connectivity index (χ1v) is 9.00. The van der Waals surface area contributed by atoms with Gasteiger partial charge in [-0.25, -0.2) is 4.79 Å². The van der Waals surface area contributed by atoms with E-state index in [4.69, 9.17) is 4.74 Å². The number of anilines is 1. The highest BCUT2D eigenvalue weighted by molar-refractivity contribution is 5.91. The van der Waals surface area contributed by atoms with Crippen LogP contribution in [-0.4, -0.2) is 61.3 Å². The smallest absolute Gasteiger partial charge is 0.321 e. The fourth-order valence-electron chi connectivity index (χ4n) is 3.77. The molecule has 2 aliphatic heterocycles. The van der Waals surface area contributed by atoms with Crippen LogP contribution < -0.4 is 5.32 Å². The number of carbonyl (C=O) groups is 1. The van der Waals surface area contributed by atoms with Crippen molar-refractivity contribution in [1.82, 2.24) is 9.80 Å². The van der Waals surface area contributed by atoms with Crippen LogP contribution in [0.3, 0.4) is 0 Å². The molecule has 2 amide bonds. The van der Waals surface area contributed by atoms with Gasteiger partial charge in [0, 0.05) is 45.0 Å². The van der Waals surface area contributed by atoms with Crippen LogP contribution in [0.5, 0.6) is 0 Å². The predicted octanol–water partition coefficient (Wildman–Crippen LogP) is 2.94. The number of carbonyl (C=O) groups excluding carboxylic acids is 1. The van der Waals surface area contributed by atoms with Crippen LogP contribution in [0.25, 0.3) is 0 Å². The molecule has 2 saturated heterocycles. The SMILES string of the molecule is Cc1cc(C)c(NC(=O)N2CCN(CC3CCCO3)CC2)c(C)c1. The molecule has 132 valence electrons. The Morgan fingerprint density at radius 1 is 1.17 bits per heavy atom. The van der Waals surface area contributed by atoms with Crippen LogP contribution in [0.4, 0.5) is 10.5 Å². The first-order valence-electron chi connectivity index (χ1n) is 9.00. The summed E-state index contributed by atoms with van der Waals surface area (Å²) in [6.45, 7) is 11.5. The molecule has 1 aromatic rings. The van der Waals surface area contributed by atoms with Crippen LogP contribution in [0.15, 0.2) is 12.1 Å². The molecule has 1 N–H and O–H groups in total. The lowest BCUT2D eigenvalue weighted by Crippen LogP contribution is -2.51. The van der Waals surface area contributed by atoms with E-state index < -0.39 is 0 Å². The summed E-state index contributed by atoms with van der Waals surface area (Å²) in [5.74, 6) is 0. The van der Waals surface area contributed by atoms with Crippen molar-refractivity contribution in [2.24, 2.45) is 0 Å². The van der Waals surface area contributed by atoms with E-state index in [2.05, 4.69) is 43.1 Å². The molecule has 24 heavy (non-hydrogen) atoms. The second kappa shape index (κ2) is 7.53. The number of ether oxygens (including phenoxy) is 1. The minimum atomic E-state index is 0.0156. The Morgan fingerprint density at radius 2 is 1.83 bits per heavy atom. The molecule has 5 nitrogen and oxygen atoms in total. The number of amides is 2. The summed E-state index contributed by atoms with van der Waals surface area (Å²) >= 11 is 0. The number of nitrogens with zero attached hydrogens (tertiary/aromatic N) is 2. The van der Waals surface area contributed by atoms with Crippen LogP contribution in [0.1, 0.15) is 29.5 Å². The van der Waals surface area contributed by atoms with E-state index in [1.54, 1.807) is 0 Å². The average Bonchev–Trinajstić information content (AvgIpc) is 3.04. The predicted molar refractivity (Wildman–Crippen MR) is 96.7 cm³/mol. The van der Waals surface area contributed by atoms with Crippen molar-refractivity contribution >= 4 is 11.7 Å². The molecule has 0 aromatic heterocycles. The molecule has 1 aromatic carbocycles. The van der Waals surface area contributed by atoms with Gasteiger partial charge in [0.05, 0.1) is 6.10 Å². The molecule has 5 heteroatoms. The maximum Gasteiger partial charge on any atom is 0.321 e. The molecule has 0 aliphatic carbocycles. The van der Waals surface area contributed by atoms with Gasteiger partial charge in [0.25, 0.3) is 0 Å². The van der Waals surface area contributed by atoms with Gasteiger partial charge < -0.3 is 15.0 Å². The summed E-state index contributed by atoms with van der Waals surface area (Å²) in [5.41, 5.74) is 4.42. The lowest BCUT2D eigenvalue weighted by Gasteiger charge is -2.35. The zero-order chi connectivity index (χ0) is 17.1. The minimum Gasteiger partial charge on any atom is -0.377 e. The molecule has 1 unspecified atom stereocenters. The summed E-state index contributed by atoms with van der Waals surface area (Å²) in [4.78, 5) is 16.9. The zero-order valence-corrected chi connectivity index (χ0v) is 15.1. The van der Waals surface area contributed by atoms with E-state index in [0.717, 1.165) is 56.1 Å². The second-order valence-corrected chi connectivity index (χ2v) is 7.13. The van der Waals surface area contributed by atoms with Crippen LogP contribution >= 0.6 is 0 Å². The van der Waals surface area contributed by atoms with Crippen molar-refractivity contribution in [1.29, 1.82) is 0 Å². The number of rotatable bonds is 3. The van der Waals surface area contributed by atoms with Gasteiger partial charge in [0.2, 0.25) is 0 Å². The lowest BCUT2D eigenvalue weighted by atomic mass is 10.1. The highest BCUT2D eigenvalue weighted by atomic mass is 16.5. The Morgan fingerprint density at radius 3 is 2.42 bits per heavy atom. The van der Waals surface area contributed by atoms with Crippen molar-refractivity contribution in [3.05, 3.63) is 28.8 Å². The molecule has 3 rings (SSSR count). The molecule has 0 radical (unpaired) electrons. The Balaban J connectivity index is 1.52. The summed E-state index contributed by atoms with van der Waals surface area (Å²) in [6.07, 6.45) is 2.75. The summed E-state index contributed by atoms with van der Waals surface area (Å²) in [5, 5.41) is 3.11. The van der Waals surface area contributed by atoms with Gasteiger partial charge in [0.1, 0.15) is 0 Å². The molecule has 2 aliphatic rings. The van der Waals surface area contributed by atoms with E-state index in [-0.39, 0.29) is 6.03 Å². The summed E-state index contributed by atoms with van der Waals surface area (Å²) in [6, 6.07) is 4.24. The quantitative estimate of drug-likeness (QED) is 0.926. The molecule has 0 saturated carbocycles. The van der Waals surface area contributed by atoms with Gasteiger partial charge in [-0.2, -0.15) is 0 Å². The number of urea groups is 1. The van der Waals surface area contributed by atoms with Crippen LogP contribution in [0, 0.1) is 20.8 Å². The maximum atomic E-state index is 12.6. The second-order valence-electron chi connectivity index (χ2n) is 7.13. The molecular weight excluding hydrogens is 302 g/mol. The Labute approximate surface area is 145 Å². The third kappa shape index (κ3) is 4.08. The lowest BCUT2D eigenvalue weighted by molar-refractivity contribution is 0.0572. The first-order chi connectivity index (χ1) is 11.5. The van der Waals surface area contributed by atoms with Crippen molar-refractivity contribution in [3.63, 3.8) is 0 Å². The van der Waals surface area contributed by atoms with E-state index >= 15 is 0 Å². The number of hydrogen-bond acceptors (Lipinski definition) is 3. The van der Waals surface area contributed by atoms with E-state index in [1.165, 1.54) is 18.4 Å². The van der Waals surface area contributed by atoms with Gasteiger partial charge in [0.15, 0.2) is 0 Å². The van der Waals surface area contributed by atoms with Gasteiger partial charge in [-0.15, -0.1) is 0 Å². The van der Waals surface area contributed by atoms with Gasteiger partial charge in [-0.05, 0) is 44.7 Å². The number of nitrogens with one attached hydrogen (secondary N) is 1. The third-order valence-electron chi connectivity index (χ3n) is 5.05. The highest BCUT2D eigenvalue weighted by Gasteiger charge is 2.25. The minimum absolute atomic E-state index is 0.0156. The molecule has 2 heterocycles. The fourth-order valence-corrected chi connectivity index (χ4v) is 3.77. The number of hydrogen-bond donors (Lipinski definition) is 1. The van der Waals surface area contributed by atoms with Gasteiger partial charge >= 0.3 is 6.03 Å². The zero-order valence-electron chi connectivity index (χ0n) is 15.1. The van der Waals surface area contributed by atoms with E-state index in [9.17, 15) is 4.79 Å². The Bertz CT molecular complexity index is 565. The van der Waals surface area contributed by atoms with Crippen LogP contribution in [0.2, 0.25) is 0 Å².